The van der Waals surface area contributed by atoms with Crippen LogP contribution in [0.5, 0.6) is 0 Å². The number of likely N-dealkylation sites (tertiary alicyclic amines) is 1. The summed E-state index contributed by atoms with van der Waals surface area (Å²) >= 11 is 0. The second-order valence-corrected chi connectivity index (χ2v) is 6.16. The van der Waals surface area contributed by atoms with Crippen LogP contribution >= 0.6 is 0 Å². The summed E-state index contributed by atoms with van der Waals surface area (Å²) in [4.78, 5) is 29.2. The van der Waals surface area contributed by atoms with Crippen molar-refractivity contribution in [1.29, 1.82) is 0 Å². The monoisotopic (exact) mass is 346 g/mol. The highest BCUT2D eigenvalue weighted by atomic mass is 19.1. The van der Waals surface area contributed by atoms with Crippen LogP contribution in [0.1, 0.15) is 25.7 Å². The number of hydrogen-bond donors (Lipinski definition) is 1. The molecule has 1 amide bonds. The van der Waals surface area contributed by atoms with Gasteiger partial charge in [0.1, 0.15) is 5.82 Å². The number of hydrogen-bond acceptors (Lipinski definition) is 4. The fraction of sp³-hybridized carbons (Fsp3) is 0.389. The van der Waals surface area contributed by atoms with Gasteiger partial charge >= 0.3 is 5.97 Å². The number of amides is 1. The first-order valence-corrected chi connectivity index (χ1v) is 8.19. The van der Waals surface area contributed by atoms with E-state index in [4.69, 9.17) is 9.52 Å². The van der Waals surface area contributed by atoms with Crippen LogP contribution in [0, 0.1) is 11.7 Å². The van der Waals surface area contributed by atoms with E-state index in [1.54, 1.807) is 30.0 Å². The average Bonchev–Trinajstić information content (AvgIpc) is 3.20. The molecule has 0 saturated carbocycles. The Morgan fingerprint density at radius 2 is 2.16 bits per heavy atom. The number of carboxylic acids is 1. The summed E-state index contributed by atoms with van der Waals surface area (Å²) in [5.41, 5.74) is 0.324. The minimum absolute atomic E-state index is 0.123. The van der Waals surface area contributed by atoms with Crippen molar-refractivity contribution in [2.75, 3.05) is 6.54 Å². The summed E-state index contributed by atoms with van der Waals surface area (Å²) in [7, 11) is 0. The van der Waals surface area contributed by atoms with Crippen molar-refractivity contribution in [2.45, 2.75) is 32.2 Å². The number of rotatable bonds is 5. The highest BCUT2D eigenvalue weighted by molar-refractivity contribution is 5.79. The third-order valence-electron chi connectivity index (χ3n) is 4.64. The number of aromatic nitrogens is 1. The van der Waals surface area contributed by atoms with Gasteiger partial charge in [0.05, 0.1) is 17.7 Å². The van der Waals surface area contributed by atoms with E-state index in [1.165, 1.54) is 12.3 Å². The van der Waals surface area contributed by atoms with Crippen LogP contribution in [0.3, 0.4) is 0 Å². The summed E-state index contributed by atoms with van der Waals surface area (Å²) in [5.74, 6) is -1.23. The molecule has 0 bridgehead atoms. The molecule has 2 unspecified atom stereocenters. The van der Waals surface area contributed by atoms with Crippen LogP contribution < -0.4 is 0 Å². The first-order valence-electron chi connectivity index (χ1n) is 8.19. The second kappa shape index (κ2) is 7.04. The molecule has 1 fully saturated rings. The summed E-state index contributed by atoms with van der Waals surface area (Å²) in [6.07, 6.45) is 2.37. The largest absolute Gasteiger partial charge is 0.481 e. The number of oxazole rings is 1. The first kappa shape index (κ1) is 17.1. The fourth-order valence-corrected chi connectivity index (χ4v) is 3.19. The van der Waals surface area contributed by atoms with E-state index in [0.29, 0.717) is 30.2 Å². The zero-order chi connectivity index (χ0) is 18.0. The Labute approximate surface area is 144 Å². The molecule has 1 aromatic carbocycles. The van der Waals surface area contributed by atoms with Crippen LogP contribution in [-0.4, -0.2) is 39.5 Å². The van der Waals surface area contributed by atoms with Crippen molar-refractivity contribution >= 4 is 11.9 Å². The van der Waals surface area contributed by atoms with Crippen LogP contribution in [0.2, 0.25) is 0 Å². The number of nitrogens with zero attached hydrogens (tertiary/aromatic N) is 2. The van der Waals surface area contributed by atoms with Crippen molar-refractivity contribution in [1.82, 2.24) is 9.88 Å². The van der Waals surface area contributed by atoms with Gasteiger partial charge in [-0.15, -0.1) is 0 Å². The van der Waals surface area contributed by atoms with Gasteiger partial charge in [-0.25, -0.2) is 9.37 Å². The van der Waals surface area contributed by atoms with E-state index in [-0.39, 0.29) is 24.8 Å². The Morgan fingerprint density at radius 1 is 1.40 bits per heavy atom. The van der Waals surface area contributed by atoms with Crippen LogP contribution in [0.25, 0.3) is 11.3 Å². The van der Waals surface area contributed by atoms with Crippen LogP contribution in [0.15, 0.2) is 34.9 Å². The number of aliphatic carboxylic acids is 1. The smallest absolute Gasteiger partial charge is 0.308 e. The molecule has 1 aromatic heterocycles. The molecule has 132 valence electrons. The molecular weight excluding hydrogens is 327 g/mol. The molecule has 1 saturated heterocycles. The number of carboxylic acid groups (broad SMARTS) is 1. The van der Waals surface area contributed by atoms with Crippen molar-refractivity contribution in [2.24, 2.45) is 5.92 Å². The molecule has 1 N–H and O–H groups in total. The van der Waals surface area contributed by atoms with Gasteiger partial charge in [-0.2, -0.15) is 0 Å². The van der Waals surface area contributed by atoms with Crippen molar-refractivity contribution in [3.63, 3.8) is 0 Å². The number of halogens is 1. The highest BCUT2D eigenvalue weighted by Crippen LogP contribution is 2.26. The standard InChI is InChI=1S/C18H19FN2O4/c1-11-12(18(23)24)8-9-21(11)17(22)7-6-16-20-10-15(25-16)13-4-2-3-5-14(13)19/h2-5,10-12H,6-9H2,1H3,(H,23,24). The lowest BCUT2D eigenvalue weighted by Crippen LogP contribution is -2.37. The summed E-state index contributed by atoms with van der Waals surface area (Å²) in [6, 6.07) is 5.93. The van der Waals surface area contributed by atoms with Gasteiger partial charge in [-0.05, 0) is 25.5 Å². The van der Waals surface area contributed by atoms with Gasteiger partial charge in [0, 0.05) is 25.4 Å². The Morgan fingerprint density at radius 3 is 2.84 bits per heavy atom. The molecule has 1 aliphatic rings. The van der Waals surface area contributed by atoms with E-state index in [1.807, 2.05) is 0 Å². The normalized spacial score (nSPS) is 20.0. The third-order valence-corrected chi connectivity index (χ3v) is 4.64. The number of carbonyl (C=O) groups is 2. The Balaban J connectivity index is 1.60. The Hall–Kier alpha value is -2.70. The van der Waals surface area contributed by atoms with Crippen LogP contribution in [-0.2, 0) is 16.0 Å². The van der Waals surface area contributed by atoms with Crippen LogP contribution in [0.4, 0.5) is 4.39 Å². The van der Waals surface area contributed by atoms with E-state index >= 15 is 0 Å². The number of aryl methyl sites for hydroxylation is 1. The molecule has 0 aliphatic carbocycles. The minimum Gasteiger partial charge on any atom is -0.481 e. The van der Waals surface area contributed by atoms with E-state index in [9.17, 15) is 14.0 Å². The van der Waals surface area contributed by atoms with E-state index < -0.39 is 17.7 Å². The molecule has 2 heterocycles. The lowest BCUT2D eigenvalue weighted by Gasteiger charge is -2.23. The maximum Gasteiger partial charge on any atom is 0.308 e. The first-order chi connectivity index (χ1) is 12.0. The van der Waals surface area contributed by atoms with Gasteiger partial charge in [-0.3, -0.25) is 9.59 Å². The summed E-state index contributed by atoms with van der Waals surface area (Å²) < 4.78 is 19.3. The fourth-order valence-electron chi connectivity index (χ4n) is 3.19. The molecule has 3 rings (SSSR count). The zero-order valence-electron chi connectivity index (χ0n) is 13.8. The summed E-state index contributed by atoms with van der Waals surface area (Å²) in [6.45, 7) is 2.20. The number of benzene rings is 1. The molecule has 25 heavy (non-hydrogen) atoms. The molecule has 2 atom stereocenters. The third kappa shape index (κ3) is 3.55. The molecule has 1 aliphatic heterocycles. The predicted molar refractivity (Wildman–Crippen MR) is 87.1 cm³/mol. The Kier molecular flexibility index (Phi) is 4.83. The van der Waals surface area contributed by atoms with Gasteiger partial charge in [-0.1, -0.05) is 12.1 Å². The Bertz CT molecular complexity index is 789. The topological polar surface area (TPSA) is 83.6 Å². The van der Waals surface area contributed by atoms with E-state index in [0.717, 1.165) is 0 Å². The minimum atomic E-state index is -0.870. The van der Waals surface area contributed by atoms with Crippen molar-refractivity contribution < 1.29 is 23.5 Å². The lowest BCUT2D eigenvalue weighted by atomic mass is 10.0. The average molecular weight is 346 g/mol. The molecule has 6 nitrogen and oxygen atoms in total. The van der Waals surface area contributed by atoms with E-state index in [2.05, 4.69) is 4.98 Å². The van der Waals surface area contributed by atoms with Crippen molar-refractivity contribution in [3.05, 3.63) is 42.2 Å². The lowest BCUT2D eigenvalue weighted by molar-refractivity contribution is -0.143. The van der Waals surface area contributed by atoms with Gasteiger partial charge in [0.25, 0.3) is 0 Å². The molecule has 2 aromatic rings. The van der Waals surface area contributed by atoms with Crippen molar-refractivity contribution in [3.8, 4) is 11.3 Å². The molecular formula is C18H19FN2O4. The van der Waals surface area contributed by atoms with Gasteiger partial charge in [0.2, 0.25) is 5.91 Å². The van der Waals surface area contributed by atoms with Gasteiger partial charge < -0.3 is 14.4 Å². The molecule has 0 radical (unpaired) electrons. The highest BCUT2D eigenvalue weighted by Gasteiger charge is 2.37. The predicted octanol–water partition coefficient (Wildman–Crippen LogP) is 2.73. The SMILES string of the molecule is CC1C(C(=O)O)CCN1C(=O)CCc1ncc(-c2ccccc2F)o1. The maximum atomic E-state index is 13.8. The molecule has 7 heteroatoms. The second-order valence-electron chi connectivity index (χ2n) is 6.16. The quantitative estimate of drug-likeness (QED) is 0.900. The van der Waals surface area contributed by atoms with Gasteiger partial charge in [0.15, 0.2) is 11.7 Å². The summed E-state index contributed by atoms with van der Waals surface area (Å²) in [5, 5.41) is 9.13. The maximum absolute atomic E-state index is 13.8. The molecule has 0 spiro atoms. The number of carbonyl (C=O) groups excluding carboxylic acids is 1. The zero-order valence-corrected chi connectivity index (χ0v) is 13.8.